The van der Waals surface area contributed by atoms with E-state index in [1.165, 1.54) is 4.90 Å². The molecule has 10 heteroatoms. The third-order valence-corrected chi connectivity index (χ3v) is 7.35. The molecule has 2 N–H and O–H groups in total. The van der Waals surface area contributed by atoms with Crippen molar-refractivity contribution in [3.63, 3.8) is 0 Å². The van der Waals surface area contributed by atoms with Crippen molar-refractivity contribution in [1.29, 1.82) is 0 Å². The van der Waals surface area contributed by atoms with Gasteiger partial charge in [0, 0.05) is 5.57 Å². The zero-order chi connectivity index (χ0) is 18.7. The number of thiazole rings is 1. The van der Waals surface area contributed by atoms with Gasteiger partial charge in [0.15, 0.2) is 0 Å². The van der Waals surface area contributed by atoms with Crippen LogP contribution in [-0.2, 0) is 16.6 Å². The molecule has 0 spiro atoms. The van der Waals surface area contributed by atoms with Gasteiger partial charge in [-0.15, -0.1) is 0 Å². The number of carbonyl (C=O) groups excluding carboxylic acids is 1. The van der Waals surface area contributed by atoms with E-state index in [9.17, 15) is 19.8 Å². The maximum atomic E-state index is 12.3. The van der Waals surface area contributed by atoms with Gasteiger partial charge in [0.1, 0.15) is 11.9 Å². The number of fused-ring (bicyclic) bond motifs is 2. The van der Waals surface area contributed by atoms with Gasteiger partial charge in [-0.1, -0.05) is 30.0 Å². The van der Waals surface area contributed by atoms with Crippen LogP contribution >= 0.6 is 23.1 Å². The molecule has 1 saturated heterocycles. The zero-order valence-corrected chi connectivity index (χ0v) is 18.8. The number of rotatable bonds is 5. The fraction of sp³-hybridized carbons (Fsp3) is 0.471. The molecule has 4 heterocycles. The first-order valence-electron chi connectivity index (χ1n) is 8.46. The van der Waals surface area contributed by atoms with E-state index in [1.54, 1.807) is 30.0 Å². The topological polar surface area (TPSA) is 86.9 Å². The Morgan fingerprint density at radius 3 is 2.81 bits per heavy atom. The van der Waals surface area contributed by atoms with Gasteiger partial charge in [0.25, 0.3) is 0 Å². The van der Waals surface area contributed by atoms with Crippen LogP contribution in [0.25, 0.3) is 10.4 Å². The highest BCUT2D eigenvalue weighted by atomic mass is 127. The highest BCUT2D eigenvalue weighted by Gasteiger charge is 2.57. The number of aliphatic hydroxyl groups excluding tert-OH is 1. The van der Waals surface area contributed by atoms with Gasteiger partial charge < -0.3 is 39.1 Å². The number of aliphatic carboxylic acids is 1. The lowest BCUT2D eigenvalue weighted by atomic mass is 9.83. The monoisotopic (exact) mass is 521 g/mol. The summed E-state index contributed by atoms with van der Waals surface area (Å²) in [6.07, 6.45) is 3.60. The van der Waals surface area contributed by atoms with Crippen LogP contribution in [0.5, 0.6) is 0 Å². The van der Waals surface area contributed by atoms with Crippen LogP contribution in [0.3, 0.4) is 0 Å². The molecule has 146 valence electrons. The highest BCUT2D eigenvalue weighted by molar-refractivity contribution is 7.99. The Labute approximate surface area is 181 Å². The summed E-state index contributed by atoms with van der Waals surface area (Å²) in [5.74, 6) is -0.956. The molecular formula is C17H20IN3O4S2. The minimum Gasteiger partial charge on any atom is -1.00 e. The number of carboxylic acid groups (broad SMARTS) is 1. The van der Waals surface area contributed by atoms with Crippen LogP contribution in [0.15, 0.2) is 23.2 Å². The van der Waals surface area contributed by atoms with Gasteiger partial charge >= 0.3 is 5.97 Å². The Bertz CT molecular complexity index is 965. The van der Waals surface area contributed by atoms with E-state index in [0.29, 0.717) is 12.0 Å². The number of hydrogen-bond donors (Lipinski definition) is 2. The number of aromatic nitrogens is 2. The molecule has 2 aromatic heterocycles. The Kier molecular flexibility index (Phi) is 5.63. The summed E-state index contributed by atoms with van der Waals surface area (Å²) in [4.78, 5) is 27.5. The summed E-state index contributed by atoms with van der Waals surface area (Å²) in [6, 6.07) is -0.259. The fourth-order valence-electron chi connectivity index (χ4n) is 3.93. The molecule has 2 aliphatic rings. The minimum absolute atomic E-state index is 0. The third kappa shape index (κ3) is 3.00. The first-order chi connectivity index (χ1) is 12.3. The second-order valence-electron chi connectivity index (χ2n) is 6.65. The molecule has 2 aliphatic heterocycles. The van der Waals surface area contributed by atoms with Crippen molar-refractivity contribution in [2.75, 3.05) is 5.75 Å². The largest absolute Gasteiger partial charge is 1.00 e. The predicted molar refractivity (Wildman–Crippen MR) is 97.8 cm³/mol. The fourth-order valence-corrected chi connectivity index (χ4v) is 6.10. The van der Waals surface area contributed by atoms with Crippen molar-refractivity contribution >= 4 is 45.4 Å². The summed E-state index contributed by atoms with van der Waals surface area (Å²) in [7, 11) is 1.99. The third-order valence-electron chi connectivity index (χ3n) is 5.01. The van der Waals surface area contributed by atoms with E-state index in [0.717, 1.165) is 20.5 Å². The number of aliphatic hydroxyl groups is 1. The average molecular weight is 521 g/mol. The molecule has 0 unspecified atom stereocenters. The zero-order valence-electron chi connectivity index (χ0n) is 15.0. The Balaban J connectivity index is 0.00000210. The summed E-state index contributed by atoms with van der Waals surface area (Å²) in [5.41, 5.74) is 0.748. The number of thioether (sulfide) groups is 1. The van der Waals surface area contributed by atoms with Crippen molar-refractivity contribution in [3.8, 4) is 0 Å². The molecule has 2 aromatic rings. The van der Waals surface area contributed by atoms with Crippen LogP contribution in [0.2, 0.25) is 0 Å². The van der Waals surface area contributed by atoms with Gasteiger partial charge in [-0.25, -0.2) is 9.36 Å². The quantitative estimate of drug-likeness (QED) is 0.213. The van der Waals surface area contributed by atoms with Gasteiger partial charge in [0.05, 0.1) is 30.0 Å². The predicted octanol–water partition coefficient (Wildman–Crippen LogP) is -1.65. The number of halogens is 1. The minimum atomic E-state index is -1.09. The van der Waals surface area contributed by atoms with Gasteiger partial charge in [-0.3, -0.25) is 4.79 Å². The molecule has 0 saturated carbocycles. The molecule has 1 amide bonds. The number of aryl methyl sites for hydroxylation is 1. The van der Waals surface area contributed by atoms with Crippen LogP contribution in [-0.4, -0.2) is 49.5 Å². The summed E-state index contributed by atoms with van der Waals surface area (Å²) < 4.78 is 4.07. The van der Waals surface area contributed by atoms with Crippen LogP contribution in [0.4, 0.5) is 0 Å². The molecule has 7 nitrogen and oxygen atoms in total. The van der Waals surface area contributed by atoms with E-state index in [-0.39, 0.29) is 41.6 Å². The summed E-state index contributed by atoms with van der Waals surface area (Å²) >= 11 is 3.29. The van der Waals surface area contributed by atoms with E-state index < -0.39 is 18.0 Å². The number of carboxylic acids is 1. The first-order valence-corrected chi connectivity index (χ1v) is 10.3. The number of carbonyl (C=O) groups is 2. The molecule has 1 fully saturated rings. The SMILES string of the molecule is CCSc1c2sc(C3=C(C(=O)O)N4C(=O)[C@H]([C@@H](C)O)[C@H]4C3)c[n+]2cn1C.[I-]. The Morgan fingerprint density at radius 1 is 1.52 bits per heavy atom. The first kappa shape index (κ1) is 20.6. The molecule has 0 radical (unpaired) electrons. The number of amides is 1. The van der Waals surface area contributed by atoms with E-state index in [2.05, 4.69) is 11.5 Å². The summed E-state index contributed by atoms with van der Waals surface area (Å²) in [6.45, 7) is 3.68. The maximum Gasteiger partial charge on any atom is 0.352 e. The Hall–Kier alpha value is -1.11. The number of nitrogens with zero attached hydrogens (tertiary/aromatic N) is 3. The summed E-state index contributed by atoms with van der Waals surface area (Å²) in [5, 5.41) is 20.7. The Morgan fingerprint density at radius 2 is 2.22 bits per heavy atom. The van der Waals surface area contributed by atoms with Crippen LogP contribution in [0.1, 0.15) is 25.1 Å². The van der Waals surface area contributed by atoms with Crippen molar-refractivity contribution in [2.24, 2.45) is 13.0 Å². The van der Waals surface area contributed by atoms with Crippen molar-refractivity contribution < 1.29 is 48.2 Å². The van der Waals surface area contributed by atoms with Gasteiger partial charge in [0.2, 0.25) is 22.1 Å². The lowest BCUT2D eigenvalue weighted by Gasteiger charge is -2.44. The van der Waals surface area contributed by atoms with Crippen LogP contribution < -0.4 is 28.4 Å². The molecule has 0 aliphatic carbocycles. The highest BCUT2D eigenvalue weighted by Crippen LogP contribution is 2.48. The number of hydrogen-bond acceptors (Lipinski definition) is 5. The van der Waals surface area contributed by atoms with E-state index in [4.69, 9.17) is 0 Å². The molecule has 4 rings (SSSR count). The van der Waals surface area contributed by atoms with Gasteiger partial charge in [-0.05, 0) is 19.1 Å². The second kappa shape index (κ2) is 7.37. The molecule has 0 aromatic carbocycles. The van der Waals surface area contributed by atoms with Crippen molar-refractivity contribution in [3.05, 3.63) is 23.1 Å². The average Bonchev–Trinajstić information content (AvgIpc) is 3.18. The van der Waals surface area contributed by atoms with Crippen molar-refractivity contribution in [1.82, 2.24) is 9.47 Å². The maximum absolute atomic E-state index is 12.3. The molecule has 3 atom stereocenters. The number of imidazole rings is 1. The second-order valence-corrected chi connectivity index (χ2v) is 8.93. The van der Waals surface area contributed by atoms with E-state index >= 15 is 0 Å². The van der Waals surface area contributed by atoms with Crippen LogP contribution in [0, 0.1) is 5.92 Å². The lowest BCUT2D eigenvalue weighted by Crippen LogP contribution is -3.00. The molecular weight excluding hydrogens is 501 g/mol. The number of β-lactam (4-membered cyclic amide) rings is 1. The molecule has 0 bridgehead atoms. The van der Waals surface area contributed by atoms with Crippen molar-refractivity contribution in [2.45, 2.75) is 37.4 Å². The van der Waals surface area contributed by atoms with Gasteiger partial charge in [-0.2, -0.15) is 4.40 Å². The molecule has 27 heavy (non-hydrogen) atoms. The smallest absolute Gasteiger partial charge is 0.352 e. The van der Waals surface area contributed by atoms with E-state index in [1.807, 2.05) is 24.0 Å². The lowest BCUT2D eigenvalue weighted by molar-refractivity contribution is -0.508. The normalized spacial score (nSPS) is 22.7. The standard InChI is InChI=1S/C17H19N3O4S2.HI/c1-4-25-15-16-19(7-18(15)3)6-11(26-16)9-5-10-12(8(2)21)14(22)20(10)13(9)17(23)24;/h6-8,10,12,21H,4-5H2,1-3H3;1H/t8-,10-,12-;/m1./s1.